The Kier molecular flexibility index (Phi) is 4.25. The largest absolute Gasteiger partial charge is 0.301 e. The van der Waals surface area contributed by atoms with Crippen molar-refractivity contribution in [1.29, 1.82) is 0 Å². The van der Waals surface area contributed by atoms with Gasteiger partial charge < -0.3 is 5.32 Å². The normalized spacial score (nSPS) is 15.2. The highest BCUT2D eigenvalue weighted by Crippen LogP contribution is 2.30. The summed E-state index contributed by atoms with van der Waals surface area (Å²) in [7, 11) is -3.41. The minimum Gasteiger partial charge on any atom is -0.301 e. The first-order valence-corrected chi connectivity index (χ1v) is 10.3. The van der Waals surface area contributed by atoms with E-state index in [-0.39, 0.29) is 0 Å². The van der Waals surface area contributed by atoms with Crippen LogP contribution in [0.1, 0.15) is 24.5 Å². The Labute approximate surface area is 139 Å². The third-order valence-corrected chi connectivity index (χ3v) is 6.40. The minimum absolute atomic E-state index is 0.418. The van der Waals surface area contributed by atoms with Gasteiger partial charge in [-0.3, -0.25) is 4.79 Å². The fourth-order valence-electron chi connectivity index (χ4n) is 2.60. The lowest BCUT2D eigenvalue weighted by atomic mass is 10.1. The second-order valence-corrected chi connectivity index (χ2v) is 9.06. The van der Waals surface area contributed by atoms with Gasteiger partial charge in [0, 0.05) is 17.2 Å². The van der Waals surface area contributed by atoms with Crippen LogP contribution in [0.15, 0.2) is 23.6 Å². The van der Waals surface area contributed by atoms with E-state index in [9.17, 15) is 13.2 Å². The van der Waals surface area contributed by atoms with Gasteiger partial charge in [0.25, 0.3) is 0 Å². The summed E-state index contributed by atoms with van der Waals surface area (Å²) >= 11 is 1.30. The zero-order valence-electron chi connectivity index (χ0n) is 13.0. The van der Waals surface area contributed by atoms with Crippen LogP contribution >= 0.6 is 11.3 Å². The summed E-state index contributed by atoms with van der Waals surface area (Å²) in [5, 5.41) is 3.78. The molecule has 1 unspecified atom stereocenters. The number of aryl methyl sites for hydroxylation is 2. The van der Waals surface area contributed by atoms with Crippen molar-refractivity contribution < 1.29 is 13.2 Å². The van der Waals surface area contributed by atoms with Gasteiger partial charge >= 0.3 is 0 Å². The maximum absolute atomic E-state index is 11.9. The predicted molar refractivity (Wildman–Crippen MR) is 92.5 cm³/mol. The van der Waals surface area contributed by atoms with Gasteiger partial charge in [0.05, 0.1) is 5.69 Å². The maximum atomic E-state index is 11.9. The smallest absolute Gasteiger partial charge is 0.244 e. The van der Waals surface area contributed by atoms with E-state index in [1.54, 1.807) is 0 Å². The molecule has 0 aliphatic heterocycles. The van der Waals surface area contributed by atoms with E-state index in [1.165, 1.54) is 35.8 Å². The molecule has 1 aromatic carbocycles. The number of hydrogen-bond acceptors (Lipinski definition) is 5. The van der Waals surface area contributed by atoms with Crippen molar-refractivity contribution in [3.05, 3.63) is 34.7 Å². The van der Waals surface area contributed by atoms with E-state index in [2.05, 4.69) is 22.4 Å². The first-order chi connectivity index (χ1) is 10.8. The molecule has 1 aromatic heterocycles. The van der Waals surface area contributed by atoms with Crippen LogP contribution in [0.25, 0.3) is 11.3 Å². The average Bonchev–Trinajstić information content (AvgIpc) is 3.13. The summed E-state index contributed by atoms with van der Waals surface area (Å²) in [5.74, 6) is -0.553. The Morgan fingerprint density at radius 3 is 2.78 bits per heavy atom. The van der Waals surface area contributed by atoms with Crippen molar-refractivity contribution >= 4 is 32.2 Å². The van der Waals surface area contributed by atoms with Crippen molar-refractivity contribution in [3.63, 3.8) is 0 Å². The van der Waals surface area contributed by atoms with Crippen LogP contribution < -0.4 is 5.32 Å². The number of benzene rings is 1. The monoisotopic (exact) mass is 350 g/mol. The number of amides is 1. The molecule has 1 heterocycles. The van der Waals surface area contributed by atoms with Crippen molar-refractivity contribution in [1.82, 2.24) is 4.98 Å². The molecule has 122 valence electrons. The molecule has 1 N–H and O–H groups in total. The van der Waals surface area contributed by atoms with E-state index in [4.69, 9.17) is 0 Å². The summed E-state index contributed by atoms with van der Waals surface area (Å²) < 4.78 is 22.8. The molecule has 0 bridgehead atoms. The van der Waals surface area contributed by atoms with E-state index in [0.717, 1.165) is 30.4 Å². The molecule has 0 saturated heterocycles. The molecule has 3 rings (SSSR count). The molecule has 1 aliphatic carbocycles. The number of nitrogens with one attached hydrogen (secondary N) is 1. The van der Waals surface area contributed by atoms with Crippen LogP contribution in [-0.4, -0.2) is 30.8 Å². The van der Waals surface area contributed by atoms with Crippen molar-refractivity contribution in [2.24, 2.45) is 0 Å². The molecule has 1 atom stereocenters. The zero-order valence-corrected chi connectivity index (χ0v) is 14.6. The molecule has 0 fully saturated rings. The molecular formula is C16H18N2O3S2. The number of anilines is 1. The van der Waals surface area contributed by atoms with Gasteiger partial charge in [-0.25, -0.2) is 13.4 Å². The van der Waals surface area contributed by atoms with E-state index in [0.29, 0.717) is 5.13 Å². The molecule has 23 heavy (non-hydrogen) atoms. The summed E-state index contributed by atoms with van der Waals surface area (Å²) in [6.45, 7) is 1.37. The first-order valence-electron chi connectivity index (χ1n) is 7.42. The van der Waals surface area contributed by atoms with Crippen molar-refractivity contribution in [2.45, 2.75) is 31.4 Å². The van der Waals surface area contributed by atoms with Crippen molar-refractivity contribution in [2.75, 3.05) is 11.6 Å². The second-order valence-electron chi connectivity index (χ2n) is 5.84. The standard InChI is InChI=1S/C16H18N2O3S2/c1-10(23(2,20)21)15(19)18-16-17-14(9-22-16)13-7-6-11-4-3-5-12(11)8-13/h6-10H,3-5H2,1-2H3,(H,17,18,19). The fourth-order valence-corrected chi connectivity index (χ4v) is 3.77. The molecule has 7 heteroatoms. The predicted octanol–water partition coefficient (Wildman–Crippen LogP) is 2.67. The van der Waals surface area contributed by atoms with Gasteiger partial charge in [-0.05, 0) is 43.4 Å². The molecular weight excluding hydrogens is 332 g/mol. The number of sulfone groups is 1. The maximum Gasteiger partial charge on any atom is 0.244 e. The highest BCUT2D eigenvalue weighted by atomic mass is 32.2. The highest BCUT2D eigenvalue weighted by Gasteiger charge is 2.24. The lowest BCUT2D eigenvalue weighted by Crippen LogP contribution is -2.31. The number of fused-ring (bicyclic) bond motifs is 1. The van der Waals surface area contributed by atoms with Gasteiger partial charge in [-0.2, -0.15) is 0 Å². The van der Waals surface area contributed by atoms with Crippen LogP contribution in [0.5, 0.6) is 0 Å². The van der Waals surface area contributed by atoms with E-state index < -0.39 is 21.0 Å². The van der Waals surface area contributed by atoms with E-state index in [1.807, 2.05) is 11.4 Å². The summed E-state index contributed by atoms with van der Waals surface area (Å²) in [4.78, 5) is 16.3. The Balaban J connectivity index is 1.77. The van der Waals surface area contributed by atoms with Crippen molar-refractivity contribution in [3.8, 4) is 11.3 Å². The Hall–Kier alpha value is -1.73. The molecule has 1 amide bonds. The molecule has 1 aliphatic rings. The van der Waals surface area contributed by atoms with Gasteiger partial charge in [-0.15, -0.1) is 11.3 Å². The molecule has 5 nitrogen and oxygen atoms in total. The Bertz CT molecular complexity index is 856. The second kappa shape index (κ2) is 6.05. The lowest BCUT2D eigenvalue weighted by Gasteiger charge is -2.08. The van der Waals surface area contributed by atoms with Gasteiger partial charge in [0.2, 0.25) is 5.91 Å². The summed E-state index contributed by atoms with van der Waals surface area (Å²) in [5.41, 5.74) is 4.59. The summed E-state index contributed by atoms with van der Waals surface area (Å²) in [6, 6.07) is 6.34. The molecule has 0 saturated carbocycles. The van der Waals surface area contributed by atoms with Crippen LogP contribution in [0, 0.1) is 0 Å². The van der Waals surface area contributed by atoms with E-state index >= 15 is 0 Å². The average molecular weight is 350 g/mol. The number of hydrogen-bond donors (Lipinski definition) is 1. The number of rotatable bonds is 4. The third-order valence-electron chi connectivity index (χ3n) is 4.14. The van der Waals surface area contributed by atoms with Crippen LogP contribution in [0.4, 0.5) is 5.13 Å². The fraction of sp³-hybridized carbons (Fsp3) is 0.375. The summed E-state index contributed by atoms with van der Waals surface area (Å²) in [6.07, 6.45) is 4.48. The molecule has 2 aromatic rings. The Morgan fingerprint density at radius 2 is 2.04 bits per heavy atom. The SMILES string of the molecule is CC(C(=O)Nc1nc(-c2ccc3c(c2)CCC3)cs1)S(C)(=O)=O. The number of nitrogens with zero attached hydrogens (tertiary/aromatic N) is 1. The molecule has 0 radical (unpaired) electrons. The van der Waals surface area contributed by atoms with Crippen LogP contribution in [-0.2, 0) is 27.5 Å². The van der Waals surface area contributed by atoms with Gasteiger partial charge in [-0.1, -0.05) is 12.1 Å². The number of thiazole rings is 1. The highest BCUT2D eigenvalue weighted by molar-refractivity contribution is 7.92. The first kappa shape index (κ1) is 16.1. The molecule has 0 spiro atoms. The van der Waals surface area contributed by atoms with Crippen LogP contribution in [0.3, 0.4) is 0 Å². The number of carbonyl (C=O) groups excluding carboxylic acids is 1. The van der Waals surface area contributed by atoms with Gasteiger partial charge in [0.15, 0.2) is 15.0 Å². The van der Waals surface area contributed by atoms with Gasteiger partial charge in [0.1, 0.15) is 5.25 Å². The minimum atomic E-state index is -3.41. The number of aromatic nitrogens is 1. The third kappa shape index (κ3) is 3.45. The number of carbonyl (C=O) groups is 1. The topological polar surface area (TPSA) is 76.1 Å². The quantitative estimate of drug-likeness (QED) is 0.920. The zero-order chi connectivity index (χ0) is 16.6. The Morgan fingerprint density at radius 1 is 1.30 bits per heavy atom. The lowest BCUT2D eigenvalue weighted by molar-refractivity contribution is -0.115. The van der Waals surface area contributed by atoms with Crippen LogP contribution in [0.2, 0.25) is 0 Å².